The quantitative estimate of drug-likeness (QED) is 0.802. The molecule has 2 atom stereocenters. The first-order chi connectivity index (χ1) is 7.66. The Balaban J connectivity index is 1.90. The van der Waals surface area contributed by atoms with E-state index < -0.39 is 0 Å². The van der Waals surface area contributed by atoms with Crippen LogP contribution >= 0.6 is 0 Å². The third-order valence-electron chi connectivity index (χ3n) is 3.19. The second-order valence-corrected chi connectivity index (χ2v) is 4.72. The summed E-state index contributed by atoms with van der Waals surface area (Å²) in [7, 11) is 0. The monoisotopic (exact) mass is 218 g/mol. The smallest absolute Gasteiger partial charge is 0.243 e. The molecule has 5 heteroatoms. The molecule has 0 saturated heterocycles. The standard InChI is InChI=1S/C11H14N4O/c1-6(2)15-5-7(4-12-15)10-8-3-9(8)11(16)14-13-10/h4-6,8-9H,3H2,1-2H3,(H,14,16)/t8-,9+/m1/s1. The maximum atomic E-state index is 11.3. The molecule has 3 rings (SSSR count). The molecule has 2 aliphatic rings. The Morgan fingerprint density at radius 1 is 1.50 bits per heavy atom. The van der Waals surface area contributed by atoms with Crippen molar-refractivity contribution in [2.24, 2.45) is 16.9 Å². The SMILES string of the molecule is CC(C)n1cc(C2=NNC(=O)[C@H]3C[C@@H]23)cn1. The van der Waals surface area contributed by atoms with Crippen LogP contribution in [-0.2, 0) is 4.79 Å². The van der Waals surface area contributed by atoms with Crippen LogP contribution in [0.5, 0.6) is 0 Å². The highest BCUT2D eigenvalue weighted by Gasteiger charge is 2.49. The van der Waals surface area contributed by atoms with Crippen molar-refractivity contribution in [3.63, 3.8) is 0 Å². The molecule has 0 bridgehead atoms. The Morgan fingerprint density at radius 3 is 3.00 bits per heavy atom. The lowest BCUT2D eigenvalue weighted by molar-refractivity contribution is -0.122. The highest BCUT2D eigenvalue weighted by atomic mass is 16.2. The van der Waals surface area contributed by atoms with E-state index in [1.54, 1.807) is 0 Å². The van der Waals surface area contributed by atoms with E-state index in [0.29, 0.717) is 12.0 Å². The van der Waals surface area contributed by atoms with Crippen molar-refractivity contribution in [3.05, 3.63) is 18.0 Å². The Labute approximate surface area is 93.5 Å². The lowest BCUT2D eigenvalue weighted by Gasteiger charge is -2.09. The van der Waals surface area contributed by atoms with Crippen LogP contribution in [0.4, 0.5) is 0 Å². The Hall–Kier alpha value is -1.65. The topological polar surface area (TPSA) is 59.3 Å². The number of nitrogens with one attached hydrogen (secondary N) is 1. The molecule has 1 aliphatic heterocycles. The van der Waals surface area contributed by atoms with Gasteiger partial charge < -0.3 is 0 Å². The molecule has 1 aromatic heterocycles. The second kappa shape index (κ2) is 3.17. The molecule has 2 heterocycles. The van der Waals surface area contributed by atoms with Gasteiger partial charge in [0.1, 0.15) is 0 Å². The van der Waals surface area contributed by atoms with E-state index >= 15 is 0 Å². The second-order valence-electron chi connectivity index (χ2n) is 4.72. The molecule has 1 amide bonds. The van der Waals surface area contributed by atoms with Crippen LogP contribution in [0.25, 0.3) is 0 Å². The summed E-state index contributed by atoms with van der Waals surface area (Å²) in [4.78, 5) is 11.3. The largest absolute Gasteiger partial charge is 0.273 e. The van der Waals surface area contributed by atoms with Crippen LogP contribution in [0, 0.1) is 11.8 Å². The van der Waals surface area contributed by atoms with Crippen molar-refractivity contribution in [3.8, 4) is 0 Å². The average molecular weight is 218 g/mol. The maximum absolute atomic E-state index is 11.3. The van der Waals surface area contributed by atoms with Crippen molar-refractivity contribution < 1.29 is 4.79 Å². The molecule has 0 aromatic carbocycles. The van der Waals surface area contributed by atoms with Gasteiger partial charge in [0.05, 0.1) is 11.9 Å². The van der Waals surface area contributed by atoms with Crippen LogP contribution in [0.15, 0.2) is 17.5 Å². The van der Waals surface area contributed by atoms with Gasteiger partial charge in [-0.15, -0.1) is 0 Å². The molecule has 1 aromatic rings. The van der Waals surface area contributed by atoms with Gasteiger partial charge in [-0.25, -0.2) is 5.43 Å². The molecule has 0 radical (unpaired) electrons. The minimum atomic E-state index is 0.0602. The highest BCUT2D eigenvalue weighted by molar-refractivity contribution is 6.09. The minimum absolute atomic E-state index is 0.0602. The predicted molar refractivity (Wildman–Crippen MR) is 58.9 cm³/mol. The van der Waals surface area contributed by atoms with Gasteiger partial charge >= 0.3 is 0 Å². The Morgan fingerprint density at radius 2 is 2.31 bits per heavy atom. The van der Waals surface area contributed by atoms with Crippen molar-refractivity contribution in [1.82, 2.24) is 15.2 Å². The number of rotatable bonds is 2. The molecule has 1 N–H and O–H groups in total. The van der Waals surface area contributed by atoms with Crippen LogP contribution in [0.2, 0.25) is 0 Å². The van der Waals surface area contributed by atoms with Crippen LogP contribution in [-0.4, -0.2) is 21.4 Å². The third kappa shape index (κ3) is 1.35. The normalized spacial score (nSPS) is 27.4. The summed E-state index contributed by atoms with van der Waals surface area (Å²) in [6, 6.07) is 0.350. The van der Waals surface area contributed by atoms with Gasteiger partial charge in [0.25, 0.3) is 0 Å². The summed E-state index contributed by atoms with van der Waals surface area (Å²) in [6.45, 7) is 4.17. The number of nitrogens with zero attached hydrogens (tertiary/aromatic N) is 3. The maximum Gasteiger partial charge on any atom is 0.243 e. The van der Waals surface area contributed by atoms with E-state index in [1.807, 2.05) is 17.1 Å². The fraction of sp³-hybridized carbons (Fsp3) is 0.545. The van der Waals surface area contributed by atoms with Crippen LogP contribution < -0.4 is 5.43 Å². The van der Waals surface area contributed by atoms with Crippen molar-refractivity contribution in [2.45, 2.75) is 26.3 Å². The summed E-state index contributed by atoms with van der Waals surface area (Å²) in [5, 5.41) is 8.43. The third-order valence-corrected chi connectivity index (χ3v) is 3.19. The molecule has 16 heavy (non-hydrogen) atoms. The van der Waals surface area contributed by atoms with Crippen molar-refractivity contribution in [2.75, 3.05) is 0 Å². The number of amides is 1. The zero-order chi connectivity index (χ0) is 11.3. The molecule has 0 unspecified atom stereocenters. The molecule has 84 valence electrons. The molecule has 1 fully saturated rings. The number of carbonyl (C=O) groups excluding carboxylic acids is 1. The first kappa shape index (κ1) is 9.57. The predicted octanol–water partition coefficient (Wildman–Crippen LogP) is 0.934. The van der Waals surface area contributed by atoms with E-state index in [2.05, 4.69) is 29.5 Å². The van der Waals surface area contributed by atoms with E-state index in [-0.39, 0.29) is 11.8 Å². The first-order valence-electron chi connectivity index (χ1n) is 5.59. The number of carbonyl (C=O) groups is 1. The first-order valence-corrected chi connectivity index (χ1v) is 5.59. The molecule has 1 saturated carbocycles. The lowest BCUT2D eigenvalue weighted by Crippen LogP contribution is -2.28. The molecule has 1 aliphatic carbocycles. The van der Waals surface area contributed by atoms with Gasteiger partial charge in [0.15, 0.2) is 0 Å². The number of hydrogen-bond acceptors (Lipinski definition) is 3. The van der Waals surface area contributed by atoms with E-state index in [9.17, 15) is 4.79 Å². The molecule has 5 nitrogen and oxygen atoms in total. The van der Waals surface area contributed by atoms with E-state index in [0.717, 1.165) is 17.7 Å². The van der Waals surface area contributed by atoms with Crippen molar-refractivity contribution in [1.29, 1.82) is 0 Å². The van der Waals surface area contributed by atoms with Gasteiger partial charge in [0, 0.05) is 29.6 Å². The van der Waals surface area contributed by atoms with E-state index in [4.69, 9.17) is 0 Å². The zero-order valence-electron chi connectivity index (χ0n) is 9.34. The van der Waals surface area contributed by atoms with Gasteiger partial charge in [-0.3, -0.25) is 9.48 Å². The number of aromatic nitrogens is 2. The van der Waals surface area contributed by atoms with E-state index in [1.165, 1.54) is 0 Å². The number of hydrazone groups is 1. The Bertz CT molecular complexity index is 474. The van der Waals surface area contributed by atoms with Gasteiger partial charge in [-0.1, -0.05) is 0 Å². The zero-order valence-corrected chi connectivity index (χ0v) is 9.34. The molecular formula is C11H14N4O. The summed E-state index contributed by atoms with van der Waals surface area (Å²) in [5.41, 5.74) is 4.58. The van der Waals surface area contributed by atoms with Crippen molar-refractivity contribution >= 4 is 11.6 Å². The number of hydrogen-bond donors (Lipinski definition) is 1. The van der Waals surface area contributed by atoms with Gasteiger partial charge in [0.2, 0.25) is 5.91 Å². The number of fused-ring (bicyclic) bond motifs is 1. The lowest BCUT2D eigenvalue weighted by atomic mass is 10.1. The highest BCUT2D eigenvalue weighted by Crippen LogP contribution is 2.43. The minimum Gasteiger partial charge on any atom is -0.273 e. The van der Waals surface area contributed by atoms with Crippen LogP contribution in [0.3, 0.4) is 0 Å². The summed E-state index contributed by atoms with van der Waals surface area (Å²) in [6.07, 6.45) is 4.75. The summed E-state index contributed by atoms with van der Waals surface area (Å²) >= 11 is 0. The molecular weight excluding hydrogens is 204 g/mol. The van der Waals surface area contributed by atoms with Gasteiger partial charge in [-0.2, -0.15) is 10.2 Å². The molecule has 0 spiro atoms. The fourth-order valence-electron chi connectivity index (χ4n) is 2.10. The van der Waals surface area contributed by atoms with Gasteiger partial charge in [-0.05, 0) is 20.3 Å². The van der Waals surface area contributed by atoms with Crippen LogP contribution in [0.1, 0.15) is 31.9 Å². The average Bonchev–Trinajstić information content (AvgIpc) is 2.89. The fourth-order valence-corrected chi connectivity index (χ4v) is 2.10. The summed E-state index contributed by atoms with van der Waals surface area (Å²) < 4.78 is 1.91. The summed E-state index contributed by atoms with van der Waals surface area (Å²) in [5.74, 6) is 0.526. The Kier molecular flexibility index (Phi) is 1.89.